The molecule has 1 aromatic heterocycles. The van der Waals surface area contributed by atoms with Crippen LogP contribution in [0.4, 0.5) is 17.1 Å². The highest BCUT2D eigenvalue weighted by molar-refractivity contribution is 6.18. The van der Waals surface area contributed by atoms with Gasteiger partial charge in [0.05, 0.1) is 11.1 Å². The van der Waals surface area contributed by atoms with E-state index in [0.717, 1.165) is 50.1 Å². The molecule has 0 fully saturated rings. The Bertz CT molecular complexity index is 3210. The molecule has 0 bridgehead atoms. The van der Waals surface area contributed by atoms with Gasteiger partial charge in [-0.25, -0.2) is 0 Å². The van der Waals surface area contributed by atoms with Crippen LogP contribution in [-0.4, -0.2) is 0 Å². The van der Waals surface area contributed by atoms with Crippen LogP contribution in [0.15, 0.2) is 205 Å². The third-order valence-electron chi connectivity index (χ3n) is 11.0. The van der Waals surface area contributed by atoms with E-state index < -0.39 is 0 Å². The van der Waals surface area contributed by atoms with Crippen molar-refractivity contribution in [2.75, 3.05) is 4.90 Å². The second-order valence-corrected chi connectivity index (χ2v) is 14.1. The highest BCUT2D eigenvalue weighted by Crippen LogP contribution is 2.47. The summed E-state index contributed by atoms with van der Waals surface area (Å²) in [5.74, 6) is 0. The Labute approximate surface area is 312 Å². The number of nitrogens with zero attached hydrogens (tertiary/aromatic N) is 1. The molecule has 10 aromatic carbocycles. The summed E-state index contributed by atoms with van der Waals surface area (Å²) < 4.78 is 6.74. The Morgan fingerprint density at radius 3 is 1.59 bits per heavy atom. The van der Waals surface area contributed by atoms with Gasteiger partial charge in [-0.15, -0.1) is 0 Å². The number of para-hydroxylation sites is 1. The van der Waals surface area contributed by atoms with Gasteiger partial charge in [-0.2, -0.15) is 0 Å². The molecule has 252 valence electrons. The molecular formula is C52H33NO. The van der Waals surface area contributed by atoms with Crippen molar-refractivity contribution in [3.05, 3.63) is 200 Å². The van der Waals surface area contributed by atoms with Crippen LogP contribution in [0.25, 0.3) is 87.3 Å². The molecule has 0 spiro atoms. The Morgan fingerprint density at radius 1 is 0.333 bits per heavy atom. The van der Waals surface area contributed by atoms with Crippen LogP contribution in [0, 0.1) is 0 Å². The van der Waals surface area contributed by atoms with Gasteiger partial charge in [0.15, 0.2) is 0 Å². The number of hydrogen-bond donors (Lipinski definition) is 0. The highest BCUT2D eigenvalue weighted by Gasteiger charge is 2.22. The lowest BCUT2D eigenvalue weighted by Gasteiger charge is -2.27. The van der Waals surface area contributed by atoms with Crippen LogP contribution in [0.3, 0.4) is 0 Å². The molecule has 2 nitrogen and oxygen atoms in total. The zero-order valence-corrected chi connectivity index (χ0v) is 29.4. The van der Waals surface area contributed by atoms with E-state index in [1.165, 1.54) is 54.2 Å². The predicted octanol–water partition coefficient (Wildman–Crippen LogP) is 15.0. The number of benzene rings is 10. The average Bonchev–Trinajstić information content (AvgIpc) is 3.64. The molecule has 0 N–H and O–H groups in total. The van der Waals surface area contributed by atoms with Crippen LogP contribution in [0.2, 0.25) is 0 Å². The van der Waals surface area contributed by atoms with Gasteiger partial charge in [-0.05, 0) is 108 Å². The Hall–Kier alpha value is -7.16. The molecule has 2 heteroatoms. The van der Waals surface area contributed by atoms with Crippen molar-refractivity contribution in [2.24, 2.45) is 0 Å². The normalized spacial score (nSPS) is 11.7. The van der Waals surface area contributed by atoms with E-state index in [1.54, 1.807) is 0 Å². The Balaban J connectivity index is 1.14. The molecular weight excluding hydrogens is 655 g/mol. The lowest BCUT2D eigenvalue weighted by molar-refractivity contribution is 0.670. The van der Waals surface area contributed by atoms with Gasteiger partial charge in [-0.1, -0.05) is 152 Å². The van der Waals surface area contributed by atoms with E-state index >= 15 is 0 Å². The molecule has 0 unspecified atom stereocenters. The van der Waals surface area contributed by atoms with Gasteiger partial charge in [0.2, 0.25) is 0 Å². The molecule has 0 aliphatic carbocycles. The molecule has 0 atom stereocenters. The van der Waals surface area contributed by atoms with Crippen molar-refractivity contribution in [2.45, 2.75) is 0 Å². The van der Waals surface area contributed by atoms with Crippen LogP contribution in [-0.2, 0) is 0 Å². The maximum absolute atomic E-state index is 6.74. The van der Waals surface area contributed by atoms with Gasteiger partial charge < -0.3 is 9.32 Å². The van der Waals surface area contributed by atoms with E-state index in [2.05, 4.69) is 199 Å². The maximum atomic E-state index is 6.74. The molecule has 0 amide bonds. The smallest absolute Gasteiger partial charge is 0.145 e. The molecule has 1 heterocycles. The summed E-state index contributed by atoms with van der Waals surface area (Å²) in [6.45, 7) is 0. The summed E-state index contributed by atoms with van der Waals surface area (Å²) in [4.78, 5) is 2.40. The van der Waals surface area contributed by atoms with Gasteiger partial charge in [0.1, 0.15) is 11.2 Å². The van der Waals surface area contributed by atoms with Crippen molar-refractivity contribution in [3.63, 3.8) is 0 Å². The minimum atomic E-state index is 0.876. The molecule has 11 rings (SSSR count). The van der Waals surface area contributed by atoms with Gasteiger partial charge in [0, 0.05) is 22.3 Å². The van der Waals surface area contributed by atoms with Gasteiger partial charge in [-0.3, -0.25) is 0 Å². The van der Waals surface area contributed by atoms with Crippen LogP contribution in [0.1, 0.15) is 0 Å². The second kappa shape index (κ2) is 12.2. The lowest BCUT2D eigenvalue weighted by atomic mass is 9.96. The fourth-order valence-electron chi connectivity index (χ4n) is 8.38. The summed E-state index contributed by atoms with van der Waals surface area (Å²) >= 11 is 0. The zero-order chi connectivity index (χ0) is 35.6. The molecule has 11 aromatic rings. The quantitative estimate of drug-likeness (QED) is 0.168. The Morgan fingerprint density at radius 2 is 0.870 bits per heavy atom. The topological polar surface area (TPSA) is 16.4 Å². The highest BCUT2D eigenvalue weighted by atomic mass is 16.3. The average molecular weight is 688 g/mol. The first-order chi connectivity index (χ1) is 26.8. The monoisotopic (exact) mass is 687 g/mol. The number of hydrogen-bond acceptors (Lipinski definition) is 2. The number of rotatable bonds is 5. The van der Waals surface area contributed by atoms with E-state index in [4.69, 9.17) is 4.42 Å². The number of fused-ring (bicyclic) bond motifs is 9. The SMILES string of the molecule is c1ccc(-c2ccc(N(c3ccc(-c4ccc5ccc6ccccc6c5c4)cc3)c3ccc4ccc5ccccc5c4c3)c3c2oc2ccccc23)cc1. The molecule has 0 saturated heterocycles. The summed E-state index contributed by atoms with van der Waals surface area (Å²) in [6.07, 6.45) is 0. The number of furan rings is 1. The standard InChI is InChI=1S/C52H33NO/c1-2-10-35(11-3-1)45-30-31-49(51-46-16-8-9-17-50(46)54-52(45)51)53(42-29-26-39-21-19-37-13-5-7-15-44(37)48(39)33-42)41-27-24-34(25-28-41)40-23-22-38-20-18-36-12-4-6-14-43(36)47(38)32-40/h1-33H. The van der Waals surface area contributed by atoms with Gasteiger partial charge >= 0.3 is 0 Å². The van der Waals surface area contributed by atoms with E-state index in [1.807, 2.05) is 6.07 Å². The molecule has 0 aliphatic rings. The van der Waals surface area contributed by atoms with E-state index in [9.17, 15) is 0 Å². The summed E-state index contributed by atoms with van der Waals surface area (Å²) in [6, 6.07) is 72.3. The minimum absolute atomic E-state index is 0.876. The molecule has 0 aliphatic heterocycles. The zero-order valence-electron chi connectivity index (χ0n) is 29.4. The van der Waals surface area contributed by atoms with Crippen LogP contribution in [0.5, 0.6) is 0 Å². The van der Waals surface area contributed by atoms with Crippen molar-refractivity contribution in [3.8, 4) is 22.3 Å². The predicted molar refractivity (Wildman–Crippen MR) is 229 cm³/mol. The lowest BCUT2D eigenvalue weighted by Crippen LogP contribution is -2.10. The molecule has 0 saturated carbocycles. The van der Waals surface area contributed by atoms with Gasteiger partial charge in [0.25, 0.3) is 0 Å². The van der Waals surface area contributed by atoms with Crippen molar-refractivity contribution < 1.29 is 4.42 Å². The first kappa shape index (κ1) is 30.5. The van der Waals surface area contributed by atoms with Crippen molar-refractivity contribution in [1.29, 1.82) is 0 Å². The summed E-state index contributed by atoms with van der Waals surface area (Å²) in [5, 5.41) is 12.2. The van der Waals surface area contributed by atoms with E-state index in [0.29, 0.717) is 0 Å². The molecule has 54 heavy (non-hydrogen) atoms. The molecule has 0 radical (unpaired) electrons. The fourth-order valence-corrected chi connectivity index (χ4v) is 8.38. The minimum Gasteiger partial charge on any atom is -0.455 e. The Kier molecular flexibility index (Phi) is 6.90. The first-order valence-electron chi connectivity index (χ1n) is 18.5. The van der Waals surface area contributed by atoms with Crippen molar-refractivity contribution in [1.82, 2.24) is 0 Å². The summed E-state index contributed by atoms with van der Waals surface area (Å²) in [5.41, 5.74) is 9.57. The van der Waals surface area contributed by atoms with Crippen LogP contribution < -0.4 is 4.90 Å². The second-order valence-electron chi connectivity index (χ2n) is 14.1. The first-order valence-corrected chi connectivity index (χ1v) is 18.5. The summed E-state index contributed by atoms with van der Waals surface area (Å²) in [7, 11) is 0. The third kappa shape index (κ3) is 4.88. The van der Waals surface area contributed by atoms with E-state index in [-0.39, 0.29) is 0 Å². The van der Waals surface area contributed by atoms with Crippen LogP contribution >= 0.6 is 0 Å². The van der Waals surface area contributed by atoms with Crippen molar-refractivity contribution >= 4 is 82.1 Å². The largest absolute Gasteiger partial charge is 0.455 e. The number of anilines is 3. The maximum Gasteiger partial charge on any atom is 0.145 e. The fraction of sp³-hybridized carbons (Fsp3) is 0. The third-order valence-corrected chi connectivity index (χ3v) is 11.0.